The van der Waals surface area contributed by atoms with E-state index in [4.69, 9.17) is 0 Å². The quantitative estimate of drug-likeness (QED) is 0.486. The zero-order valence-corrected chi connectivity index (χ0v) is 18.7. The van der Waals surface area contributed by atoms with Crippen LogP contribution in [0.1, 0.15) is 15.9 Å². The van der Waals surface area contributed by atoms with Crippen LogP contribution in [-0.4, -0.2) is 37.0 Å². The maximum Gasteiger partial charge on any atom is 0.256 e. The molecule has 1 amide bonds. The van der Waals surface area contributed by atoms with Crippen molar-refractivity contribution < 1.29 is 9.18 Å². The van der Waals surface area contributed by atoms with Gasteiger partial charge < -0.3 is 10.2 Å². The first-order chi connectivity index (χ1) is 14.6. The third-order valence-corrected chi connectivity index (χ3v) is 6.24. The molecule has 1 aliphatic heterocycles. The van der Waals surface area contributed by atoms with E-state index in [1.807, 2.05) is 48.5 Å². The second-order valence-electron chi connectivity index (χ2n) is 7.37. The first kappa shape index (κ1) is 20.8. The summed E-state index contributed by atoms with van der Waals surface area (Å²) >= 11 is 2.17. The SMILES string of the molecule is O=C(Nc1ccc(N2CCN(Cc3ccc(F)cc3)CC2)cc1)c1ccccc1I. The minimum atomic E-state index is -0.193. The molecule has 3 aromatic rings. The van der Waals surface area contributed by atoms with Crippen LogP contribution in [0.5, 0.6) is 0 Å². The summed E-state index contributed by atoms with van der Waals surface area (Å²) in [6, 6.07) is 22.3. The molecule has 0 unspecified atom stereocenters. The van der Waals surface area contributed by atoms with Crippen LogP contribution in [0, 0.1) is 9.39 Å². The summed E-state index contributed by atoms with van der Waals surface area (Å²) in [5, 5.41) is 2.97. The summed E-state index contributed by atoms with van der Waals surface area (Å²) in [5.41, 5.74) is 3.76. The highest BCUT2D eigenvalue weighted by Gasteiger charge is 2.17. The average Bonchev–Trinajstić information content (AvgIpc) is 2.77. The number of halogens is 2. The molecule has 0 radical (unpaired) electrons. The minimum absolute atomic E-state index is 0.0952. The largest absolute Gasteiger partial charge is 0.369 e. The number of nitrogens with zero attached hydrogens (tertiary/aromatic N) is 2. The number of carbonyl (C=O) groups is 1. The van der Waals surface area contributed by atoms with E-state index in [1.165, 1.54) is 12.1 Å². The van der Waals surface area contributed by atoms with Gasteiger partial charge in [-0.3, -0.25) is 9.69 Å². The molecule has 1 saturated heterocycles. The molecule has 4 nitrogen and oxygen atoms in total. The molecule has 1 fully saturated rings. The van der Waals surface area contributed by atoms with E-state index >= 15 is 0 Å². The Morgan fingerprint density at radius 3 is 2.23 bits per heavy atom. The van der Waals surface area contributed by atoms with E-state index < -0.39 is 0 Å². The fraction of sp³-hybridized carbons (Fsp3) is 0.208. The van der Waals surface area contributed by atoms with E-state index in [1.54, 1.807) is 0 Å². The molecule has 154 valence electrons. The molecule has 4 rings (SSSR count). The van der Waals surface area contributed by atoms with Gasteiger partial charge >= 0.3 is 0 Å². The number of benzene rings is 3. The van der Waals surface area contributed by atoms with Crippen molar-refractivity contribution in [2.45, 2.75) is 6.54 Å². The minimum Gasteiger partial charge on any atom is -0.369 e. The van der Waals surface area contributed by atoms with Gasteiger partial charge in [0.05, 0.1) is 5.56 Å². The fourth-order valence-corrected chi connectivity index (χ4v) is 4.24. The van der Waals surface area contributed by atoms with E-state index in [0.29, 0.717) is 5.56 Å². The van der Waals surface area contributed by atoms with Crippen molar-refractivity contribution in [3.8, 4) is 0 Å². The van der Waals surface area contributed by atoms with Gasteiger partial charge in [0, 0.05) is 47.7 Å². The van der Waals surface area contributed by atoms with Crippen LogP contribution in [0.4, 0.5) is 15.8 Å². The molecular weight excluding hydrogens is 492 g/mol. The lowest BCUT2D eigenvalue weighted by Gasteiger charge is -2.36. The summed E-state index contributed by atoms with van der Waals surface area (Å²) in [5.74, 6) is -0.288. The number of rotatable bonds is 5. The molecule has 3 aromatic carbocycles. The highest BCUT2D eigenvalue weighted by molar-refractivity contribution is 14.1. The first-order valence-electron chi connectivity index (χ1n) is 9.96. The Hall–Kier alpha value is -2.45. The van der Waals surface area contributed by atoms with Crippen LogP contribution in [0.3, 0.4) is 0 Å². The Bertz CT molecular complexity index is 1000. The first-order valence-corrected chi connectivity index (χ1v) is 11.0. The van der Waals surface area contributed by atoms with E-state index in [2.05, 4.69) is 49.8 Å². The Labute approximate surface area is 189 Å². The molecule has 0 aromatic heterocycles. The molecule has 1 N–H and O–H groups in total. The van der Waals surface area contributed by atoms with Crippen molar-refractivity contribution in [1.82, 2.24) is 4.90 Å². The zero-order valence-electron chi connectivity index (χ0n) is 16.5. The Balaban J connectivity index is 1.31. The van der Waals surface area contributed by atoms with E-state index in [-0.39, 0.29) is 11.7 Å². The number of hydrogen-bond acceptors (Lipinski definition) is 3. The summed E-state index contributed by atoms with van der Waals surface area (Å²) in [4.78, 5) is 17.2. The lowest BCUT2D eigenvalue weighted by molar-refractivity contribution is 0.102. The highest BCUT2D eigenvalue weighted by atomic mass is 127. The van der Waals surface area contributed by atoms with Crippen LogP contribution < -0.4 is 10.2 Å². The van der Waals surface area contributed by atoms with Gasteiger partial charge in [-0.1, -0.05) is 24.3 Å². The Morgan fingerprint density at radius 1 is 0.900 bits per heavy atom. The second kappa shape index (κ2) is 9.57. The normalized spacial score (nSPS) is 14.5. The molecular formula is C24H23FIN3O. The van der Waals surface area contributed by atoms with Gasteiger partial charge in [0.15, 0.2) is 0 Å². The summed E-state index contributed by atoms with van der Waals surface area (Å²) in [7, 11) is 0. The van der Waals surface area contributed by atoms with Gasteiger partial charge in [0.2, 0.25) is 0 Å². The lowest BCUT2D eigenvalue weighted by atomic mass is 10.1. The predicted molar refractivity (Wildman–Crippen MR) is 127 cm³/mol. The van der Waals surface area contributed by atoms with Gasteiger partial charge in [-0.2, -0.15) is 0 Å². The molecule has 0 bridgehead atoms. The summed E-state index contributed by atoms with van der Waals surface area (Å²) in [6.07, 6.45) is 0. The third-order valence-electron chi connectivity index (χ3n) is 5.30. The second-order valence-corrected chi connectivity index (χ2v) is 8.53. The average molecular weight is 515 g/mol. The number of carbonyl (C=O) groups excluding carboxylic acids is 1. The van der Waals surface area contributed by atoms with E-state index in [9.17, 15) is 9.18 Å². The lowest BCUT2D eigenvalue weighted by Crippen LogP contribution is -2.45. The number of piperazine rings is 1. The van der Waals surface area contributed by atoms with Crippen molar-refractivity contribution >= 4 is 39.9 Å². The van der Waals surface area contributed by atoms with Crippen molar-refractivity contribution in [1.29, 1.82) is 0 Å². The van der Waals surface area contributed by atoms with Gasteiger partial charge in [0.1, 0.15) is 5.82 Å². The van der Waals surface area contributed by atoms with Crippen molar-refractivity contribution in [2.75, 3.05) is 36.4 Å². The molecule has 0 aliphatic carbocycles. The van der Waals surface area contributed by atoms with Gasteiger partial charge in [-0.15, -0.1) is 0 Å². The monoisotopic (exact) mass is 515 g/mol. The highest BCUT2D eigenvalue weighted by Crippen LogP contribution is 2.21. The van der Waals surface area contributed by atoms with Crippen molar-refractivity contribution in [3.63, 3.8) is 0 Å². The van der Waals surface area contributed by atoms with Crippen LogP contribution in [0.15, 0.2) is 72.8 Å². The van der Waals surface area contributed by atoms with Crippen molar-refractivity contribution in [3.05, 3.63) is 93.3 Å². The van der Waals surface area contributed by atoms with Crippen LogP contribution in [0.2, 0.25) is 0 Å². The number of nitrogens with one attached hydrogen (secondary N) is 1. The molecule has 0 atom stereocenters. The molecule has 6 heteroatoms. The predicted octanol–water partition coefficient (Wildman–Crippen LogP) is 5.00. The maximum absolute atomic E-state index is 13.1. The molecule has 30 heavy (non-hydrogen) atoms. The Kier molecular flexibility index (Phi) is 6.64. The van der Waals surface area contributed by atoms with Crippen LogP contribution in [-0.2, 0) is 6.54 Å². The summed E-state index contributed by atoms with van der Waals surface area (Å²) < 4.78 is 14.0. The van der Waals surface area contributed by atoms with Gasteiger partial charge in [-0.25, -0.2) is 4.39 Å². The molecule has 1 aliphatic rings. The number of amides is 1. The number of hydrogen-bond donors (Lipinski definition) is 1. The van der Waals surface area contributed by atoms with Crippen molar-refractivity contribution in [2.24, 2.45) is 0 Å². The number of anilines is 2. The summed E-state index contributed by atoms with van der Waals surface area (Å²) in [6.45, 7) is 4.65. The molecule has 1 heterocycles. The van der Waals surface area contributed by atoms with Gasteiger partial charge in [-0.05, 0) is 76.7 Å². The molecule has 0 saturated carbocycles. The maximum atomic E-state index is 13.1. The molecule has 0 spiro atoms. The topological polar surface area (TPSA) is 35.6 Å². The fourth-order valence-electron chi connectivity index (χ4n) is 3.61. The van der Waals surface area contributed by atoms with Crippen LogP contribution in [0.25, 0.3) is 0 Å². The van der Waals surface area contributed by atoms with Crippen LogP contribution >= 0.6 is 22.6 Å². The smallest absolute Gasteiger partial charge is 0.256 e. The Morgan fingerprint density at radius 2 is 1.57 bits per heavy atom. The van der Waals surface area contributed by atoms with Gasteiger partial charge in [0.25, 0.3) is 5.91 Å². The third kappa shape index (κ3) is 5.17. The zero-order chi connectivity index (χ0) is 20.9. The standard InChI is InChI=1S/C24H23FIN3O/c25-19-7-5-18(6-8-19)17-28-13-15-29(16-14-28)21-11-9-20(10-12-21)27-24(30)22-3-1-2-4-23(22)26/h1-12H,13-17H2,(H,27,30). The van der Waals surface area contributed by atoms with E-state index in [0.717, 1.165) is 53.2 Å².